The largest absolute Gasteiger partial charge is 0.372 e. The number of hydrogen-bond acceptors (Lipinski definition) is 7. The average molecular weight is 409 g/mol. The number of nitrogens with zero attached hydrogens (tertiary/aromatic N) is 3. The van der Waals surface area contributed by atoms with Gasteiger partial charge in [-0.05, 0) is 49.9 Å². The lowest BCUT2D eigenvalue weighted by Crippen LogP contribution is -2.29. The molecule has 1 aromatic heterocycles. The molecule has 0 bridgehead atoms. The van der Waals surface area contributed by atoms with Crippen molar-refractivity contribution in [2.75, 3.05) is 34.8 Å². The summed E-state index contributed by atoms with van der Waals surface area (Å²) in [6.07, 6.45) is 4.97. The van der Waals surface area contributed by atoms with E-state index in [9.17, 15) is 4.79 Å². The highest BCUT2D eigenvalue weighted by molar-refractivity contribution is 8.03. The first-order valence-corrected chi connectivity index (χ1v) is 11.8. The molecule has 140 valence electrons. The van der Waals surface area contributed by atoms with Gasteiger partial charge in [0, 0.05) is 30.2 Å². The second kappa shape index (κ2) is 10.2. The average Bonchev–Trinajstić information content (AvgIpc) is 3.14. The fourth-order valence-corrected chi connectivity index (χ4v) is 5.48. The van der Waals surface area contributed by atoms with E-state index in [0.29, 0.717) is 5.75 Å². The molecule has 0 unspecified atom stereocenters. The number of rotatable bonds is 8. The van der Waals surface area contributed by atoms with E-state index in [1.165, 1.54) is 36.7 Å². The van der Waals surface area contributed by atoms with E-state index < -0.39 is 0 Å². The normalized spacial score (nSPS) is 14.4. The predicted octanol–water partition coefficient (Wildman–Crippen LogP) is 4.76. The maximum absolute atomic E-state index is 12.2. The molecule has 0 aliphatic carbocycles. The van der Waals surface area contributed by atoms with Crippen molar-refractivity contribution >= 4 is 52.1 Å². The van der Waals surface area contributed by atoms with Crippen LogP contribution in [0.15, 0.2) is 32.9 Å². The molecule has 1 aromatic carbocycles. The third kappa shape index (κ3) is 5.89. The zero-order valence-electron chi connectivity index (χ0n) is 14.9. The zero-order valence-corrected chi connectivity index (χ0v) is 17.4. The van der Waals surface area contributed by atoms with Gasteiger partial charge in [0.15, 0.2) is 8.68 Å². The summed E-state index contributed by atoms with van der Waals surface area (Å²) in [6.45, 7) is 4.40. The van der Waals surface area contributed by atoms with E-state index in [-0.39, 0.29) is 5.91 Å². The topological polar surface area (TPSA) is 58.1 Å². The number of thioether (sulfide) groups is 2. The van der Waals surface area contributed by atoms with Crippen LogP contribution in [0.1, 0.15) is 32.6 Å². The molecule has 8 heteroatoms. The summed E-state index contributed by atoms with van der Waals surface area (Å²) < 4.78 is 1.82. The minimum absolute atomic E-state index is 0.0151. The molecule has 1 saturated heterocycles. The molecule has 1 aliphatic heterocycles. The summed E-state index contributed by atoms with van der Waals surface area (Å²) in [7, 11) is 0. The molecular weight excluding hydrogens is 384 g/mol. The number of anilines is 2. The summed E-state index contributed by atoms with van der Waals surface area (Å²) >= 11 is 4.71. The van der Waals surface area contributed by atoms with Crippen LogP contribution < -0.4 is 10.2 Å². The summed E-state index contributed by atoms with van der Waals surface area (Å²) in [5.74, 6) is 1.38. The van der Waals surface area contributed by atoms with Crippen LogP contribution in [-0.4, -0.2) is 40.7 Å². The van der Waals surface area contributed by atoms with E-state index in [1.807, 2.05) is 12.1 Å². The quantitative estimate of drug-likeness (QED) is 0.636. The number of nitrogens with one attached hydrogen (secondary N) is 1. The lowest BCUT2D eigenvalue weighted by molar-refractivity contribution is -0.113. The number of carbonyl (C=O) groups excluding carboxylic acids is 1. The summed E-state index contributed by atoms with van der Waals surface area (Å²) in [5, 5.41) is 11.2. The van der Waals surface area contributed by atoms with Gasteiger partial charge in [-0.15, -0.1) is 10.2 Å². The van der Waals surface area contributed by atoms with E-state index in [2.05, 4.69) is 39.5 Å². The van der Waals surface area contributed by atoms with Crippen LogP contribution in [0.25, 0.3) is 0 Å². The Balaban J connectivity index is 1.44. The van der Waals surface area contributed by atoms with Crippen LogP contribution >= 0.6 is 34.9 Å². The smallest absolute Gasteiger partial charge is 0.234 e. The molecule has 2 heterocycles. The van der Waals surface area contributed by atoms with Crippen molar-refractivity contribution in [3.63, 3.8) is 0 Å². The molecule has 3 rings (SSSR count). The van der Waals surface area contributed by atoms with E-state index in [0.717, 1.165) is 39.6 Å². The van der Waals surface area contributed by atoms with Gasteiger partial charge in [-0.25, -0.2) is 0 Å². The molecule has 1 aliphatic rings. The van der Waals surface area contributed by atoms with E-state index in [4.69, 9.17) is 0 Å². The summed E-state index contributed by atoms with van der Waals surface area (Å²) in [4.78, 5) is 14.6. The minimum atomic E-state index is -0.0151. The summed E-state index contributed by atoms with van der Waals surface area (Å²) in [6, 6.07) is 8.15. The van der Waals surface area contributed by atoms with Crippen LogP contribution in [0, 0.1) is 0 Å². The standard InChI is InChI=1S/C18H24N4OS3/c1-2-12-24-17-20-21-18(26-17)25-13-16(23)19-14-6-8-15(9-7-14)22-10-4-3-5-11-22/h6-9H,2-5,10-13H2,1H3,(H,19,23). The van der Waals surface area contributed by atoms with Gasteiger partial charge in [-0.3, -0.25) is 4.79 Å². The number of piperidine rings is 1. The van der Waals surface area contributed by atoms with Crippen LogP contribution in [-0.2, 0) is 4.79 Å². The van der Waals surface area contributed by atoms with Crippen molar-refractivity contribution in [1.82, 2.24) is 10.2 Å². The Morgan fingerprint density at radius 1 is 1.12 bits per heavy atom. The van der Waals surface area contributed by atoms with Crippen molar-refractivity contribution in [1.29, 1.82) is 0 Å². The van der Waals surface area contributed by atoms with Crippen LogP contribution in [0.3, 0.4) is 0 Å². The Morgan fingerprint density at radius 2 is 1.81 bits per heavy atom. The fraction of sp³-hybridized carbons (Fsp3) is 0.500. The molecule has 1 amide bonds. The van der Waals surface area contributed by atoms with Crippen LogP contribution in [0.4, 0.5) is 11.4 Å². The molecule has 0 atom stereocenters. The Kier molecular flexibility index (Phi) is 7.64. The lowest BCUT2D eigenvalue weighted by atomic mass is 10.1. The SMILES string of the molecule is CCCSc1nnc(SCC(=O)Nc2ccc(N3CCCCC3)cc2)s1. The molecule has 0 saturated carbocycles. The minimum Gasteiger partial charge on any atom is -0.372 e. The predicted molar refractivity (Wildman–Crippen MR) is 113 cm³/mol. The van der Waals surface area contributed by atoms with Crippen LogP contribution in [0.5, 0.6) is 0 Å². The van der Waals surface area contributed by atoms with Crippen LogP contribution in [0.2, 0.25) is 0 Å². The Labute approximate surface area is 167 Å². The van der Waals surface area contributed by atoms with Gasteiger partial charge in [0.2, 0.25) is 5.91 Å². The number of hydrogen-bond donors (Lipinski definition) is 1. The van der Waals surface area contributed by atoms with Gasteiger partial charge < -0.3 is 10.2 Å². The second-order valence-electron chi connectivity index (χ2n) is 6.11. The first-order valence-electron chi connectivity index (χ1n) is 8.98. The molecule has 0 radical (unpaired) electrons. The van der Waals surface area contributed by atoms with E-state index in [1.54, 1.807) is 23.1 Å². The maximum atomic E-state index is 12.2. The highest BCUT2D eigenvalue weighted by Gasteiger charge is 2.12. The zero-order chi connectivity index (χ0) is 18.2. The van der Waals surface area contributed by atoms with Crippen molar-refractivity contribution in [3.8, 4) is 0 Å². The first kappa shape index (κ1) is 19.5. The first-order chi connectivity index (χ1) is 12.7. The molecule has 1 N–H and O–H groups in total. The molecule has 1 fully saturated rings. The number of carbonyl (C=O) groups is 1. The van der Waals surface area contributed by atoms with Gasteiger partial charge in [0.1, 0.15) is 0 Å². The molecule has 0 spiro atoms. The fourth-order valence-electron chi connectivity index (χ4n) is 2.74. The Morgan fingerprint density at radius 3 is 2.50 bits per heavy atom. The van der Waals surface area contributed by atoms with Gasteiger partial charge >= 0.3 is 0 Å². The number of amides is 1. The van der Waals surface area contributed by atoms with Crippen molar-refractivity contribution in [3.05, 3.63) is 24.3 Å². The Hall–Kier alpha value is -1.25. The van der Waals surface area contributed by atoms with Crippen molar-refractivity contribution in [2.24, 2.45) is 0 Å². The highest BCUT2D eigenvalue weighted by atomic mass is 32.2. The number of aromatic nitrogens is 2. The third-order valence-corrected chi connectivity index (χ3v) is 7.41. The number of benzene rings is 1. The lowest BCUT2D eigenvalue weighted by Gasteiger charge is -2.28. The highest BCUT2D eigenvalue weighted by Crippen LogP contribution is 2.29. The second-order valence-corrected chi connectivity index (χ2v) is 9.66. The molecule has 26 heavy (non-hydrogen) atoms. The molecular formula is C18H24N4OS3. The van der Waals surface area contributed by atoms with Gasteiger partial charge in [0.25, 0.3) is 0 Å². The van der Waals surface area contributed by atoms with Crippen molar-refractivity contribution in [2.45, 2.75) is 41.3 Å². The summed E-state index contributed by atoms with van der Waals surface area (Å²) in [5.41, 5.74) is 2.08. The third-order valence-electron chi connectivity index (χ3n) is 4.02. The maximum Gasteiger partial charge on any atom is 0.234 e. The van der Waals surface area contributed by atoms with Gasteiger partial charge in [0.05, 0.1) is 5.75 Å². The van der Waals surface area contributed by atoms with Gasteiger partial charge in [-0.1, -0.05) is 41.8 Å². The van der Waals surface area contributed by atoms with Gasteiger partial charge in [-0.2, -0.15) is 0 Å². The Bertz CT molecular complexity index is 699. The molecule has 5 nitrogen and oxygen atoms in total. The molecule has 2 aromatic rings. The van der Waals surface area contributed by atoms with E-state index >= 15 is 0 Å². The van der Waals surface area contributed by atoms with Crippen molar-refractivity contribution < 1.29 is 4.79 Å². The monoisotopic (exact) mass is 408 g/mol.